The molecule has 1 amide bonds. The second-order valence-electron chi connectivity index (χ2n) is 7.13. The van der Waals surface area contributed by atoms with Crippen LogP contribution in [0.1, 0.15) is 47.3 Å². The lowest BCUT2D eigenvalue weighted by molar-refractivity contribution is 0.0951. The average Bonchev–Trinajstić information content (AvgIpc) is 3.20. The Kier molecular flexibility index (Phi) is 5.04. The molecule has 0 bridgehead atoms. The van der Waals surface area contributed by atoms with Crippen LogP contribution in [-0.2, 0) is 6.54 Å². The van der Waals surface area contributed by atoms with E-state index >= 15 is 0 Å². The van der Waals surface area contributed by atoms with Gasteiger partial charge in [-0.25, -0.2) is 4.99 Å². The van der Waals surface area contributed by atoms with Crippen LogP contribution in [0.4, 0.5) is 5.69 Å². The number of hydrogen-bond donors (Lipinski definition) is 3. The molecule has 2 aromatic rings. The number of anilines is 1. The van der Waals surface area contributed by atoms with Gasteiger partial charge in [-0.05, 0) is 61.4 Å². The molecule has 0 atom stereocenters. The van der Waals surface area contributed by atoms with E-state index in [4.69, 9.17) is 11.5 Å². The predicted molar refractivity (Wildman–Crippen MR) is 113 cm³/mol. The molecule has 1 aliphatic heterocycles. The summed E-state index contributed by atoms with van der Waals surface area (Å²) in [6, 6.07) is 11.4. The first-order valence-corrected chi connectivity index (χ1v) is 10.4. The van der Waals surface area contributed by atoms with Crippen molar-refractivity contribution >= 4 is 34.9 Å². The molecule has 0 unspecified atom stereocenters. The predicted octanol–water partition coefficient (Wildman–Crippen LogP) is 2.79. The molecule has 1 aliphatic carbocycles. The Balaban J connectivity index is 1.53. The van der Waals surface area contributed by atoms with Crippen molar-refractivity contribution in [1.82, 2.24) is 5.32 Å². The molecule has 1 fully saturated rings. The first-order valence-electron chi connectivity index (χ1n) is 9.48. The minimum atomic E-state index is -0.475. The van der Waals surface area contributed by atoms with Crippen LogP contribution < -0.4 is 21.7 Å². The highest BCUT2D eigenvalue weighted by Crippen LogP contribution is 2.39. The van der Waals surface area contributed by atoms with E-state index in [9.17, 15) is 4.79 Å². The van der Waals surface area contributed by atoms with Crippen LogP contribution in [0.15, 0.2) is 51.8 Å². The number of amides is 1. The van der Waals surface area contributed by atoms with E-state index in [2.05, 4.69) is 15.3 Å². The normalized spacial score (nSPS) is 18.5. The van der Waals surface area contributed by atoms with Crippen LogP contribution >= 0.6 is 11.3 Å². The van der Waals surface area contributed by atoms with Crippen LogP contribution in [0.25, 0.3) is 0 Å². The minimum Gasteiger partial charge on any atom is -0.369 e. The maximum atomic E-state index is 12.4. The van der Waals surface area contributed by atoms with E-state index in [1.54, 1.807) is 11.3 Å². The molecule has 0 radical (unpaired) electrons. The maximum absolute atomic E-state index is 12.4. The van der Waals surface area contributed by atoms with E-state index in [1.165, 1.54) is 6.42 Å². The number of nitrogens with two attached hydrogens (primary N) is 2. The molecule has 146 valence electrons. The van der Waals surface area contributed by atoms with Crippen LogP contribution in [0.3, 0.4) is 0 Å². The molecule has 1 saturated carbocycles. The molecule has 8 heteroatoms. The first-order chi connectivity index (χ1) is 13.6. The van der Waals surface area contributed by atoms with Gasteiger partial charge >= 0.3 is 0 Å². The summed E-state index contributed by atoms with van der Waals surface area (Å²) < 4.78 is 0. The molecule has 1 aromatic heterocycles. The number of carbonyl (C=O) groups is 1. The van der Waals surface area contributed by atoms with E-state index in [1.807, 2.05) is 46.7 Å². The zero-order valence-corrected chi connectivity index (χ0v) is 16.4. The van der Waals surface area contributed by atoms with Gasteiger partial charge in [-0.2, -0.15) is 4.99 Å². The van der Waals surface area contributed by atoms with Gasteiger partial charge in [0.25, 0.3) is 5.91 Å². The topological polar surface area (TPSA) is 109 Å². The lowest BCUT2D eigenvalue weighted by Crippen LogP contribution is -2.58. The Bertz CT molecular complexity index is 897. The monoisotopic (exact) mass is 396 g/mol. The fourth-order valence-electron chi connectivity index (χ4n) is 3.94. The summed E-state index contributed by atoms with van der Waals surface area (Å²) in [4.78, 5) is 24.4. The zero-order valence-electron chi connectivity index (χ0n) is 15.6. The second kappa shape index (κ2) is 7.63. The Morgan fingerprint density at radius 3 is 2.57 bits per heavy atom. The van der Waals surface area contributed by atoms with Crippen molar-refractivity contribution in [3.63, 3.8) is 0 Å². The van der Waals surface area contributed by atoms with E-state index in [-0.39, 0.29) is 11.9 Å². The SMILES string of the molecule is NC1=NC2(CCCCC2)N(c2ccc(C(=O)NCc3cccs3)cc2)C(N)=N1. The largest absolute Gasteiger partial charge is 0.369 e. The van der Waals surface area contributed by atoms with Gasteiger partial charge in [-0.3, -0.25) is 9.69 Å². The van der Waals surface area contributed by atoms with Crippen molar-refractivity contribution in [1.29, 1.82) is 0 Å². The molecule has 2 heterocycles. The number of guanidine groups is 2. The fourth-order valence-corrected chi connectivity index (χ4v) is 4.58. The van der Waals surface area contributed by atoms with Crippen LogP contribution in [0.5, 0.6) is 0 Å². The lowest BCUT2D eigenvalue weighted by atomic mass is 9.87. The second-order valence-corrected chi connectivity index (χ2v) is 8.16. The minimum absolute atomic E-state index is 0.102. The van der Waals surface area contributed by atoms with E-state index in [0.29, 0.717) is 18.1 Å². The molecule has 0 saturated heterocycles. The number of hydrogen-bond acceptors (Lipinski definition) is 7. The van der Waals surface area contributed by atoms with Crippen molar-refractivity contribution in [2.24, 2.45) is 21.5 Å². The van der Waals surface area contributed by atoms with Crippen molar-refractivity contribution in [3.05, 3.63) is 52.2 Å². The highest BCUT2D eigenvalue weighted by atomic mass is 32.1. The van der Waals surface area contributed by atoms with Crippen molar-refractivity contribution < 1.29 is 4.79 Å². The molecular weight excluding hydrogens is 372 g/mol. The molecule has 4 rings (SSSR count). The number of rotatable bonds is 4. The summed E-state index contributed by atoms with van der Waals surface area (Å²) in [6.45, 7) is 0.529. The van der Waals surface area contributed by atoms with Gasteiger partial charge < -0.3 is 16.8 Å². The van der Waals surface area contributed by atoms with Crippen LogP contribution in [0.2, 0.25) is 0 Å². The number of nitrogens with zero attached hydrogens (tertiary/aromatic N) is 3. The Labute approximate surface area is 168 Å². The van der Waals surface area contributed by atoms with Crippen LogP contribution in [0, 0.1) is 0 Å². The van der Waals surface area contributed by atoms with Gasteiger partial charge in [0.1, 0.15) is 5.66 Å². The number of nitrogens with one attached hydrogen (secondary N) is 1. The van der Waals surface area contributed by atoms with Crippen molar-refractivity contribution in [2.45, 2.75) is 44.3 Å². The molecule has 1 aromatic carbocycles. The molecule has 7 nitrogen and oxygen atoms in total. The third-order valence-corrected chi connectivity index (χ3v) is 6.12. The highest BCUT2D eigenvalue weighted by Gasteiger charge is 2.42. The molecule has 2 aliphatic rings. The standard InChI is InChI=1S/C20H24N6OS/c21-18-24-19(22)26(20(25-18)10-2-1-3-11-20)15-8-6-14(7-9-15)17(27)23-13-16-5-4-12-28-16/h4-9,12H,1-3,10-11,13H2,(H,23,27)(H4,21,22,24,25). The lowest BCUT2D eigenvalue weighted by Gasteiger charge is -2.45. The quantitative estimate of drug-likeness (QED) is 0.738. The Morgan fingerprint density at radius 2 is 1.89 bits per heavy atom. The molecule has 5 N–H and O–H groups in total. The van der Waals surface area contributed by atoms with Gasteiger partial charge in [0.15, 0.2) is 0 Å². The number of aliphatic imine (C=N–C) groups is 2. The summed E-state index contributed by atoms with van der Waals surface area (Å²) in [5, 5.41) is 4.94. The van der Waals surface area contributed by atoms with Gasteiger partial charge in [0, 0.05) is 16.1 Å². The number of carbonyl (C=O) groups excluding carboxylic acids is 1. The smallest absolute Gasteiger partial charge is 0.251 e. The van der Waals surface area contributed by atoms with E-state index in [0.717, 1.165) is 36.2 Å². The number of benzene rings is 1. The third-order valence-electron chi connectivity index (χ3n) is 5.24. The highest BCUT2D eigenvalue weighted by molar-refractivity contribution is 7.09. The molecule has 28 heavy (non-hydrogen) atoms. The average molecular weight is 397 g/mol. The van der Waals surface area contributed by atoms with Crippen molar-refractivity contribution in [3.8, 4) is 0 Å². The Morgan fingerprint density at radius 1 is 1.14 bits per heavy atom. The van der Waals surface area contributed by atoms with Gasteiger partial charge in [0.2, 0.25) is 11.9 Å². The van der Waals surface area contributed by atoms with Crippen LogP contribution in [-0.4, -0.2) is 23.5 Å². The summed E-state index contributed by atoms with van der Waals surface area (Å²) in [7, 11) is 0. The van der Waals surface area contributed by atoms with Gasteiger partial charge in [0.05, 0.1) is 6.54 Å². The van der Waals surface area contributed by atoms with E-state index < -0.39 is 5.66 Å². The fraction of sp³-hybridized carbons (Fsp3) is 0.350. The third kappa shape index (κ3) is 3.60. The van der Waals surface area contributed by atoms with Crippen molar-refractivity contribution in [2.75, 3.05) is 4.90 Å². The van der Waals surface area contributed by atoms with Gasteiger partial charge in [-0.15, -0.1) is 11.3 Å². The molecular formula is C20H24N6OS. The number of thiophene rings is 1. The summed E-state index contributed by atoms with van der Waals surface area (Å²) in [5.41, 5.74) is 13.2. The first kappa shape index (κ1) is 18.5. The van der Waals surface area contributed by atoms with Gasteiger partial charge in [-0.1, -0.05) is 12.5 Å². The molecule has 1 spiro atoms. The summed E-state index contributed by atoms with van der Waals surface area (Å²) in [6.07, 6.45) is 5.10. The maximum Gasteiger partial charge on any atom is 0.251 e. The summed E-state index contributed by atoms with van der Waals surface area (Å²) in [5.74, 6) is 0.486. The summed E-state index contributed by atoms with van der Waals surface area (Å²) >= 11 is 1.62. The Hall–Kier alpha value is -2.87. The zero-order chi connectivity index (χ0) is 19.6.